The van der Waals surface area contributed by atoms with Crippen molar-refractivity contribution in [3.8, 4) is 5.75 Å². The van der Waals surface area contributed by atoms with E-state index in [1.807, 2.05) is 13.8 Å². The van der Waals surface area contributed by atoms with Gasteiger partial charge in [-0.1, -0.05) is 13.8 Å². The molecule has 3 rings (SSSR count). The van der Waals surface area contributed by atoms with Gasteiger partial charge in [-0.3, -0.25) is 9.59 Å². The molecular weight excluding hydrogens is 294 g/mol. The van der Waals surface area contributed by atoms with Gasteiger partial charge in [-0.2, -0.15) is 0 Å². The molecule has 1 saturated carbocycles. The summed E-state index contributed by atoms with van der Waals surface area (Å²) in [6.45, 7) is 3.87. The average molecular weight is 317 g/mol. The van der Waals surface area contributed by atoms with Crippen LogP contribution in [0.2, 0.25) is 0 Å². The number of anilines is 1. The van der Waals surface area contributed by atoms with Crippen LogP contribution in [0.1, 0.15) is 39.5 Å². The van der Waals surface area contributed by atoms with E-state index in [1.165, 1.54) is 0 Å². The molecule has 5 nitrogen and oxygen atoms in total. The number of rotatable bonds is 5. The second-order valence-corrected chi connectivity index (χ2v) is 6.47. The molecule has 1 N–H and O–H groups in total. The molecule has 124 valence electrons. The van der Waals surface area contributed by atoms with Gasteiger partial charge in [-0.25, -0.2) is 0 Å². The Morgan fingerprint density at radius 3 is 2.65 bits per heavy atom. The summed E-state index contributed by atoms with van der Waals surface area (Å²) >= 11 is 0. The van der Waals surface area contributed by atoms with Crippen molar-refractivity contribution in [1.82, 2.24) is 0 Å². The van der Waals surface area contributed by atoms with Crippen molar-refractivity contribution in [3.05, 3.63) is 24.3 Å². The van der Waals surface area contributed by atoms with Crippen molar-refractivity contribution in [1.29, 1.82) is 0 Å². The van der Waals surface area contributed by atoms with Gasteiger partial charge >= 0.3 is 5.97 Å². The lowest BCUT2D eigenvalue weighted by Gasteiger charge is -2.17. The molecule has 4 unspecified atom stereocenters. The summed E-state index contributed by atoms with van der Waals surface area (Å²) in [5, 5.41) is 2.85. The number of nitrogens with one attached hydrogen (secondary N) is 1. The number of hydrogen-bond donors (Lipinski definition) is 1. The van der Waals surface area contributed by atoms with Crippen LogP contribution >= 0.6 is 0 Å². The van der Waals surface area contributed by atoms with Gasteiger partial charge in [-0.15, -0.1) is 0 Å². The van der Waals surface area contributed by atoms with Gasteiger partial charge in [0.25, 0.3) is 0 Å². The predicted octanol–water partition coefficient (Wildman–Crippen LogP) is 3.14. The lowest BCUT2D eigenvalue weighted by atomic mass is 9.89. The van der Waals surface area contributed by atoms with Crippen LogP contribution in [0, 0.1) is 11.8 Å². The zero-order valence-corrected chi connectivity index (χ0v) is 13.6. The maximum atomic E-state index is 12.2. The second-order valence-electron chi connectivity index (χ2n) is 6.47. The molecule has 0 spiro atoms. The number of amides is 1. The van der Waals surface area contributed by atoms with Crippen LogP contribution < -0.4 is 10.1 Å². The fourth-order valence-corrected chi connectivity index (χ4v) is 2.87. The third-order valence-corrected chi connectivity index (χ3v) is 4.74. The number of fused-ring (bicyclic) bond motifs is 1. The molecule has 5 heteroatoms. The zero-order chi connectivity index (χ0) is 16.4. The van der Waals surface area contributed by atoms with Crippen molar-refractivity contribution in [2.24, 2.45) is 11.8 Å². The number of benzene rings is 1. The van der Waals surface area contributed by atoms with Crippen LogP contribution in [0.25, 0.3) is 0 Å². The highest BCUT2D eigenvalue weighted by Gasteiger charge is 2.46. The van der Waals surface area contributed by atoms with Crippen molar-refractivity contribution in [3.63, 3.8) is 0 Å². The third-order valence-electron chi connectivity index (χ3n) is 4.74. The van der Waals surface area contributed by atoms with Crippen molar-refractivity contribution < 1.29 is 19.1 Å². The van der Waals surface area contributed by atoms with Crippen molar-refractivity contribution in [2.45, 2.75) is 51.7 Å². The Morgan fingerprint density at radius 2 is 2.00 bits per heavy atom. The third kappa shape index (κ3) is 3.91. The highest BCUT2D eigenvalue weighted by atomic mass is 16.6. The molecule has 23 heavy (non-hydrogen) atoms. The van der Waals surface area contributed by atoms with Crippen LogP contribution in [0.3, 0.4) is 0 Å². The number of carbonyl (C=O) groups excluding carboxylic acids is 2. The van der Waals surface area contributed by atoms with Gasteiger partial charge in [0.15, 0.2) is 0 Å². The summed E-state index contributed by atoms with van der Waals surface area (Å²) in [5.74, 6) is 0.236. The summed E-state index contributed by atoms with van der Waals surface area (Å²) in [6.07, 6.45) is 4.00. The number of esters is 1. The molecular formula is C18H23NO4. The standard InChI is InChI=1S/C18H23NO4/c1-3-11(2)17(20)19-13-5-7-14(8-6-13)22-18(21)12-4-9-15-16(10-12)23-15/h5-8,11-12,15-16H,3-4,9-10H2,1-2H3,(H,19,20). The predicted molar refractivity (Wildman–Crippen MR) is 86.2 cm³/mol. The Labute approximate surface area is 136 Å². The van der Waals surface area contributed by atoms with E-state index in [0.29, 0.717) is 17.5 Å². The van der Waals surface area contributed by atoms with E-state index in [-0.39, 0.29) is 29.8 Å². The van der Waals surface area contributed by atoms with E-state index in [9.17, 15) is 9.59 Å². The van der Waals surface area contributed by atoms with Crippen LogP contribution in [-0.2, 0) is 14.3 Å². The van der Waals surface area contributed by atoms with E-state index < -0.39 is 0 Å². The molecule has 2 fully saturated rings. The van der Waals surface area contributed by atoms with E-state index in [2.05, 4.69) is 5.32 Å². The Bertz CT molecular complexity index is 583. The van der Waals surface area contributed by atoms with E-state index in [1.54, 1.807) is 24.3 Å². The van der Waals surface area contributed by atoms with Crippen LogP contribution in [0.15, 0.2) is 24.3 Å². The minimum atomic E-state index is -0.185. The second kappa shape index (κ2) is 6.71. The minimum absolute atomic E-state index is 0.00145. The minimum Gasteiger partial charge on any atom is -0.426 e. The Morgan fingerprint density at radius 1 is 1.26 bits per heavy atom. The molecule has 4 atom stereocenters. The Balaban J connectivity index is 1.52. The van der Waals surface area contributed by atoms with E-state index >= 15 is 0 Å². The normalized spacial score (nSPS) is 26.8. The summed E-state index contributed by atoms with van der Waals surface area (Å²) in [7, 11) is 0. The largest absolute Gasteiger partial charge is 0.426 e. The van der Waals surface area contributed by atoms with Crippen LogP contribution in [0.4, 0.5) is 5.69 Å². The number of hydrogen-bond acceptors (Lipinski definition) is 4. The monoisotopic (exact) mass is 317 g/mol. The molecule has 0 radical (unpaired) electrons. The Kier molecular flexibility index (Phi) is 4.66. The van der Waals surface area contributed by atoms with Crippen molar-refractivity contribution in [2.75, 3.05) is 5.32 Å². The maximum Gasteiger partial charge on any atom is 0.314 e. The molecule has 1 saturated heterocycles. The molecule has 1 aliphatic carbocycles. The molecule has 1 heterocycles. The molecule has 1 aliphatic heterocycles. The topological polar surface area (TPSA) is 67.9 Å². The van der Waals surface area contributed by atoms with Gasteiger partial charge in [0.2, 0.25) is 5.91 Å². The first-order valence-electron chi connectivity index (χ1n) is 8.35. The molecule has 1 aromatic carbocycles. The van der Waals surface area contributed by atoms with E-state index in [4.69, 9.17) is 9.47 Å². The van der Waals surface area contributed by atoms with Gasteiger partial charge < -0.3 is 14.8 Å². The zero-order valence-electron chi connectivity index (χ0n) is 13.6. The van der Waals surface area contributed by atoms with Gasteiger partial charge in [0, 0.05) is 11.6 Å². The van der Waals surface area contributed by atoms with E-state index in [0.717, 1.165) is 25.7 Å². The molecule has 2 aliphatic rings. The number of ether oxygens (including phenoxy) is 2. The number of carbonyl (C=O) groups is 2. The first-order valence-corrected chi connectivity index (χ1v) is 8.35. The fourth-order valence-electron chi connectivity index (χ4n) is 2.87. The maximum absolute atomic E-state index is 12.2. The molecule has 0 bridgehead atoms. The smallest absolute Gasteiger partial charge is 0.314 e. The summed E-state index contributed by atoms with van der Waals surface area (Å²) in [5.41, 5.74) is 0.710. The summed E-state index contributed by atoms with van der Waals surface area (Å²) in [6, 6.07) is 6.93. The lowest BCUT2D eigenvalue weighted by Crippen LogP contribution is -2.25. The van der Waals surface area contributed by atoms with Crippen LogP contribution in [0.5, 0.6) is 5.75 Å². The fraction of sp³-hybridized carbons (Fsp3) is 0.556. The number of epoxide rings is 1. The summed E-state index contributed by atoms with van der Waals surface area (Å²) < 4.78 is 10.9. The molecule has 1 amide bonds. The highest BCUT2D eigenvalue weighted by molar-refractivity contribution is 5.92. The van der Waals surface area contributed by atoms with Crippen LogP contribution in [-0.4, -0.2) is 24.1 Å². The molecule has 0 aromatic heterocycles. The molecule has 1 aromatic rings. The van der Waals surface area contributed by atoms with Crippen molar-refractivity contribution >= 4 is 17.6 Å². The van der Waals surface area contributed by atoms with Gasteiger partial charge in [-0.05, 0) is 49.9 Å². The lowest BCUT2D eigenvalue weighted by molar-refractivity contribution is -0.139. The first kappa shape index (κ1) is 16.0. The SMILES string of the molecule is CCC(C)C(=O)Nc1ccc(OC(=O)C2CCC3OC3C2)cc1. The van der Waals surface area contributed by atoms with Gasteiger partial charge in [0.05, 0.1) is 18.1 Å². The first-order chi connectivity index (χ1) is 11.1. The quantitative estimate of drug-likeness (QED) is 0.514. The Hall–Kier alpha value is -1.88. The summed E-state index contributed by atoms with van der Waals surface area (Å²) in [4.78, 5) is 24.0. The van der Waals surface area contributed by atoms with Gasteiger partial charge in [0.1, 0.15) is 5.75 Å². The average Bonchev–Trinajstić information content (AvgIpc) is 3.34. The highest BCUT2D eigenvalue weighted by Crippen LogP contribution is 2.39.